The minimum absolute atomic E-state index is 0.0858. The number of benzene rings is 1. The molecule has 3 aromatic rings. The van der Waals surface area contributed by atoms with E-state index >= 15 is 0 Å². The minimum Gasteiger partial charge on any atom is -0.475 e. The molecule has 1 aromatic carbocycles. The van der Waals surface area contributed by atoms with Crippen molar-refractivity contribution in [1.82, 2.24) is 19.4 Å². The highest BCUT2D eigenvalue weighted by molar-refractivity contribution is 7.12. The summed E-state index contributed by atoms with van der Waals surface area (Å²) < 4.78 is 65.9. The Hall–Kier alpha value is -3.92. The summed E-state index contributed by atoms with van der Waals surface area (Å²) in [6, 6.07) is 14.4. The monoisotopic (exact) mass is 620 g/mol. The van der Waals surface area contributed by atoms with Crippen molar-refractivity contribution < 1.29 is 50.9 Å². The van der Waals surface area contributed by atoms with Crippen LogP contribution in [0.2, 0.25) is 0 Å². The number of carbonyl (C=O) groups is 3. The first kappa shape index (κ1) is 32.6. The van der Waals surface area contributed by atoms with Crippen molar-refractivity contribution in [1.29, 1.82) is 0 Å². The standard InChI is InChI=1S/C22H24N4OS.2C2HF3O2/c1-24-13-14-26-18(17-6-3-2-4-7-17)16-23-21(26)22(24)9-11-25(12-10-22)20(27)19-8-5-15-28-19;2*3-2(4,5)1(6)7/h2-8,15-16H,9-14H2,1H3;2*(H,6,7). The fourth-order valence-corrected chi connectivity index (χ4v) is 5.38. The number of imidazole rings is 1. The number of aromatic nitrogens is 2. The number of likely N-dealkylation sites (N-methyl/N-ethyl adjacent to an activating group) is 1. The molecule has 1 saturated heterocycles. The molecule has 4 heterocycles. The van der Waals surface area contributed by atoms with E-state index < -0.39 is 24.3 Å². The molecule has 2 aliphatic rings. The smallest absolute Gasteiger partial charge is 0.475 e. The second-order valence-electron chi connectivity index (χ2n) is 9.31. The fraction of sp³-hybridized carbons (Fsp3) is 0.385. The number of carboxylic acid groups (broad SMARTS) is 2. The topological polar surface area (TPSA) is 116 Å². The molecule has 5 rings (SSSR count). The van der Waals surface area contributed by atoms with Crippen LogP contribution >= 0.6 is 11.3 Å². The summed E-state index contributed by atoms with van der Waals surface area (Å²) in [5.74, 6) is -4.19. The second-order valence-corrected chi connectivity index (χ2v) is 10.3. The highest BCUT2D eigenvalue weighted by Gasteiger charge is 2.46. The van der Waals surface area contributed by atoms with E-state index in [9.17, 15) is 31.1 Å². The summed E-state index contributed by atoms with van der Waals surface area (Å²) in [7, 11) is 2.21. The van der Waals surface area contributed by atoms with Crippen molar-refractivity contribution in [2.24, 2.45) is 0 Å². The molecular weight excluding hydrogens is 594 g/mol. The van der Waals surface area contributed by atoms with Crippen molar-refractivity contribution in [3.8, 4) is 11.3 Å². The lowest BCUT2D eigenvalue weighted by molar-refractivity contribution is -0.193. The number of thiophene rings is 1. The maximum Gasteiger partial charge on any atom is 0.490 e. The molecular formula is C26H26F6N4O5S. The summed E-state index contributed by atoms with van der Waals surface area (Å²) in [5, 5.41) is 16.2. The number of nitrogens with zero attached hydrogens (tertiary/aromatic N) is 4. The Morgan fingerprint density at radius 1 is 0.857 bits per heavy atom. The lowest BCUT2D eigenvalue weighted by Crippen LogP contribution is -2.57. The number of alkyl halides is 6. The maximum atomic E-state index is 12.8. The van der Waals surface area contributed by atoms with Gasteiger partial charge in [-0.2, -0.15) is 26.3 Å². The van der Waals surface area contributed by atoms with Gasteiger partial charge in [0.05, 0.1) is 22.3 Å². The highest BCUT2D eigenvalue weighted by Crippen LogP contribution is 2.41. The van der Waals surface area contributed by atoms with Gasteiger partial charge in [0, 0.05) is 26.2 Å². The van der Waals surface area contributed by atoms with Gasteiger partial charge in [-0.25, -0.2) is 14.6 Å². The number of halogens is 6. The first-order valence-corrected chi connectivity index (χ1v) is 13.2. The van der Waals surface area contributed by atoms with Gasteiger partial charge in [-0.3, -0.25) is 9.69 Å². The summed E-state index contributed by atoms with van der Waals surface area (Å²) in [4.78, 5) is 40.7. The van der Waals surface area contributed by atoms with Gasteiger partial charge in [-0.1, -0.05) is 36.4 Å². The van der Waals surface area contributed by atoms with Gasteiger partial charge in [0.15, 0.2) is 0 Å². The number of hydrogen-bond acceptors (Lipinski definition) is 6. The molecule has 9 nitrogen and oxygen atoms in total. The van der Waals surface area contributed by atoms with E-state index in [4.69, 9.17) is 24.8 Å². The van der Waals surface area contributed by atoms with Gasteiger partial charge in [-0.05, 0) is 36.9 Å². The number of piperidine rings is 1. The fourth-order valence-electron chi connectivity index (χ4n) is 4.69. The average molecular weight is 621 g/mol. The normalized spacial score (nSPS) is 16.4. The van der Waals surface area contributed by atoms with Gasteiger partial charge >= 0.3 is 24.3 Å². The molecule has 0 bridgehead atoms. The quantitative estimate of drug-likeness (QED) is 0.390. The first-order chi connectivity index (χ1) is 19.6. The maximum absolute atomic E-state index is 12.8. The number of carbonyl (C=O) groups excluding carboxylic acids is 1. The Labute approximate surface area is 239 Å². The van der Waals surface area contributed by atoms with E-state index in [-0.39, 0.29) is 11.4 Å². The third kappa shape index (κ3) is 7.47. The molecule has 0 radical (unpaired) electrons. The van der Waals surface area contributed by atoms with Gasteiger partial charge in [0.25, 0.3) is 5.91 Å². The van der Waals surface area contributed by atoms with Crippen molar-refractivity contribution in [2.75, 3.05) is 26.7 Å². The molecule has 2 aromatic heterocycles. The summed E-state index contributed by atoms with van der Waals surface area (Å²) in [6.45, 7) is 3.50. The molecule has 0 atom stereocenters. The van der Waals surface area contributed by atoms with Crippen LogP contribution in [0.3, 0.4) is 0 Å². The molecule has 0 aliphatic carbocycles. The van der Waals surface area contributed by atoms with E-state index in [1.807, 2.05) is 34.7 Å². The molecule has 16 heteroatoms. The number of carboxylic acids is 2. The highest BCUT2D eigenvalue weighted by atomic mass is 32.1. The molecule has 42 heavy (non-hydrogen) atoms. The SMILES string of the molecule is CN1CCn2c(-c3ccccc3)cnc2C12CCN(C(=O)c1cccs1)CC2.O=C(O)C(F)(F)F.O=C(O)C(F)(F)F. The lowest BCUT2D eigenvalue weighted by Gasteiger charge is -2.49. The molecule has 1 amide bonds. The Balaban J connectivity index is 0.000000289. The Morgan fingerprint density at radius 2 is 1.40 bits per heavy atom. The van der Waals surface area contributed by atoms with Crippen molar-refractivity contribution in [3.05, 3.63) is 64.7 Å². The van der Waals surface area contributed by atoms with Crippen molar-refractivity contribution in [2.45, 2.75) is 37.3 Å². The number of aliphatic carboxylic acids is 2. The Morgan fingerprint density at radius 3 is 1.88 bits per heavy atom. The molecule has 1 spiro atoms. The second kappa shape index (κ2) is 12.9. The van der Waals surface area contributed by atoms with E-state index in [2.05, 4.69) is 40.8 Å². The zero-order valence-corrected chi connectivity index (χ0v) is 22.8. The van der Waals surface area contributed by atoms with Crippen LogP contribution in [-0.4, -0.2) is 86.4 Å². The number of hydrogen-bond donors (Lipinski definition) is 2. The number of rotatable bonds is 2. The van der Waals surface area contributed by atoms with Crippen LogP contribution < -0.4 is 0 Å². The zero-order valence-electron chi connectivity index (χ0n) is 22.0. The van der Waals surface area contributed by atoms with Gasteiger partial charge in [0.2, 0.25) is 0 Å². The van der Waals surface area contributed by atoms with Crippen LogP contribution in [0.5, 0.6) is 0 Å². The zero-order chi connectivity index (χ0) is 31.3. The Kier molecular flexibility index (Phi) is 10.0. The Bertz CT molecular complexity index is 1340. The predicted octanol–water partition coefficient (Wildman–Crippen LogP) is 4.96. The van der Waals surface area contributed by atoms with E-state index in [1.165, 1.54) is 22.6 Å². The van der Waals surface area contributed by atoms with Crippen LogP contribution in [-0.2, 0) is 21.7 Å². The van der Waals surface area contributed by atoms with Gasteiger partial charge in [0.1, 0.15) is 5.82 Å². The van der Waals surface area contributed by atoms with Gasteiger partial charge in [-0.15, -0.1) is 11.3 Å². The first-order valence-electron chi connectivity index (χ1n) is 12.3. The van der Waals surface area contributed by atoms with Crippen LogP contribution in [0.4, 0.5) is 26.3 Å². The lowest BCUT2D eigenvalue weighted by atomic mass is 9.83. The molecule has 0 saturated carbocycles. The number of likely N-dealkylation sites (tertiary alicyclic amines) is 1. The van der Waals surface area contributed by atoms with E-state index in [1.54, 1.807) is 0 Å². The number of amides is 1. The van der Waals surface area contributed by atoms with E-state index in [0.717, 1.165) is 49.7 Å². The van der Waals surface area contributed by atoms with Crippen molar-refractivity contribution >= 4 is 29.2 Å². The molecule has 228 valence electrons. The largest absolute Gasteiger partial charge is 0.490 e. The minimum atomic E-state index is -5.08. The van der Waals surface area contributed by atoms with Crippen LogP contribution in [0, 0.1) is 0 Å². The molecule has 0 unspecified atom stereocenters. The molecule has 1 fully saturated rings. The molecule has 2 aliphatic heterocycles. The van der Waals surface area contributed by atoms with E-state index in [0.29, 0.717) is 0 Å². The van der Waals surface area contributed by atoms with Crippen LogP contribution in [0.1, 0.15) is 28.3 Å². The van der Waals surface area contributed by atoms with Crippen molar-refractivity contribution in [3.63, 3.8) is 0 Å². The summed E-state index contributed by atoms with van der Waals surface area (Å²) in [5.41, 5.74) is 2.32. The third-order valence-corrected chi connectivity index (χ3v) is 7.68. The van der Waals surface area contributed by atoms with Crippen LogP contribution in [0.15, 0.2) is 54.0 Å². The van der Waals surface area contributed by atoms with Crippen LogP contribution in [0.25, 0.3) is 11.3 Å². The van der Waals surface area contributed by atoms with Gasteiger partial charge < -0.3 is 19.7 Å². The number of fused-ring (bicyclic) bond motifs is 2. The summed E-state index contributed by atoms with van der Waals surface area (Å²) in [6.07, 6.45) is -6.30. The molecule has 2 N–H and O–H groups in total. The predicted molar refractivity (Wildman–Crippen MR) is 139 cm³/mol. The summed E-state index contributed by atoms with van der Waals surface area (Å²) >= 11 is 1.52. The average Bonchev–Trinajstić information content (AvgIpc) is 3.62. The third-order valence-electron chi connectivity index (χ3n) is 6.83.